The van der Waals surface area contributed by atoms with Crippen molar-refractivity contribution in [2.75, 3.05) is 18.4 Å². The molecule has 1 fully saturated rings. The van der Waals surface area contributed by atoms with Gasteiger partial charge in [0.2, 0.25) is 5.91 Å². The van der Waals surface area contributed by atoms with Gasteiger partial charge < -0.3 is 11.1 Å². The van der Waals surface area contributed by atoms with E-state index in [-0.39, 0.29) is 41.5 Å². The Hall–Kier alpha value is -1.70. The summed E-state index contributed by atoms with van der Waals surface area (Å²) in [6.45, 7) is 7.58. The van der Waals surface area contributed by atoms with Crippen LogP contribution in [0.5, 0.6) is 0 Å². The smallest absolute Gasteiger partial charge is 0.271 e. The van der Waals surface area contributed by atoms with Crippen molar-refractivity contribution in [3.8, 4) is 0 Å². The van der Waals surface area contributed by atoms with E-state index in [0.717, 1.165) is 19.5 Å². The Morgan fingerprint density at radius 3 is 2.75 bits per heavy atom. The quantitative estimate of drug-likeness (QED) is 0.637. The molecule has 2 rings (SSSR count). The second-order valence-electron chi connectivity index (χ2n) is 6.83. The number of non-ortho nitro benzene ring substituents is 1. The first kappa shape index (κ1) is 20.3. The molecular formula is C16H25ClN4O3. The molecule has 1 heterocycles. The van der Waals surface area contributed by atoms with E-state index in [1.807, 2.05) is 6.92 Å². The first-order valence-electron chi connectivity index (χ1n) is 7.75. The van der Waals surface area contributed by atoms with Crippen LogP contribution in [0.2, 0.25) is 0 Å². The van der Waals surface area contributed by atoms with Gasteiger partial charge in [-0.25, -0.2) is 0 Å². The maximum atomic E-state index is 12.4. The SMILES string of the molecule is CC(C(=O)Nc1cccc([N+](=O)[O-])c1)N1CCC(N)C(C)(C)C1.Cl. The summed E-state index contributed by atoms with van der Waals surface area (Å²) in [5.41, 5.74) is 6.48. The Morgan fingerprint density at radius 1 is 1.50 bits per heavy atom. The van der Waals surface area contributed by atoms with Crippen LogP contribution in [0, 0.1) is 15.5 Å². The van der Waals surface area contributed by atoms with Crippen LogP contribution < -0.4 is 11.1 Å². The number of hydrogen-bond donors (Lipinski definition) is 2. The number of rotatable bonds is 4. The summed E-state index contributed by atoms with van der Waals surface area (Å²) < 4.78 is 0. The number of nitrogens with zero attached hydrogens (tertiary/aromatic N) is 2. The number of nitro benzene ring substituents is 1. The fraction of sp³-hybridized carbons (Fsp3) is 0.562. The van der Waals surface area contributed by atoms with Gasteiger partial charge in [-0.2, -0.15) is 0 Å². The summed E-state index contributed by atoms with van der Waals surface area (Å²) >= 11 is 0. The van der Waals surface area contributed by atoms with Crippen molar-refractivity contribution in [2.24, 2.45) is 11.1 Å². The van der Waals surface area contributed by atoms with Gasteiger partial charge in [0.1, 0.15) is 0 Å². The molecule has 1 aliphatic rings. The minimum absolute atomic E-state index is 0. The lowest BCUT2D eigenvalue weighted by Gasteiger charge is -2.44. The second kappa shape index (κ2) is 7.92. The summed E-state index contributed by atoms with van der Waals surface area (Å²) in [6, 6.07) is 5.77. The average molecular weight is 357 g/mol. The predicted molar refractivity (Wildman–Crippen MR) is 96.4 cm³/mol. The van der Waals surface area contributed by atoms with Crippen molar-refractivity contribution in [2.45, 2.75) is 39.3 Å². The molecule has 8 heteroatoms. The average Bonchev–Trinajstić information content (AvgIpc) is 2.49. The molecule has 134 valence electrons. The zero-order valence-electron chi connectivity index (χ0n) is 14.2. The van der Waals surface area contributed by atoms with Gasteiger partial charge in [-0.1, -0.05) is 19.9 Å². The standard InChI is InChI=1S/C16H24N4O3.ClH/c1-11(19-8-7-14(17)16(2,3)10-19)15(21)18-12-5-4-6-13(9-12)20(22)23;/h4-6,9,11,14H,7-8,10,17H2,1-3H3,(H,18,21);1H. The van der Waals surface area contributed by atoms with Crippen LogP contribution in [0.25, 0.3) is 0 Å². The van der Waals surface area contributed by atoms with Gasteiger partial charge in [0, 0.05) is 37.0 Å². The Bertz CT molecular complexity index is 609. The number of halogens is 1. The van der Waals surface area contributed by atoms with Crippen molar-refractivity contribution in [3.05, 3.63) is 34.4 Å². The maximum Gasteiger partial charge on any atom is 0.271 e. The van der Waals surface area contributed by atoms with E-state index in [2.05, 4.69) is 24.1 Å². The molecule has 0 bridgehead atoms. The number of likely N-dealkylation sites (tertiary alicyclic amines) is 1. The summed E-state index contributed by atoms with van der Waals surface area (Å²) in [5, 5.41) is 13.6. The van der Waals surface area contributed by atoms with E-state index in [1.54, 1.807) is 12.1 Å². The van der Waals surface area contributed by atoms with E-state index >= 15 is 0 Å². The van der Waals surface area contributed by atoms with E-state index in [4.69, 9.17) is 5.73 Å². The Balaban J connectivity index is 0.00000288. The molecule has 24 heavy (non-hydrogen) atoms. The van der Waals surface area contributed by atoms with Crippen molar-refractivity contribution in [1.82, 2.24) is 4.90 Å². The number of carbonyl (C=O) groups excluding carboxylic acids is 1. The zero-order chi connectivity index (χ0) is 17.2. The highest BCUT2D eigenvalue weighted by Crippen LogP contribution is 2.29. The molecule has 0 radical (unpaired) electrons. The first-order chi connectivity index (χ1) is 10.7. The lowest BCUT2D eigenvalue weighted by atomic mass is 9.79. The topological polar surface area (TPSA) is 101 Å². The monoisotopic (exact) mass is 356 g/mol. The third kappa shape index (κ3) is 4.66. The maximum absolute atomic E-state index is 12.4. The molecule has 1 aromatic rings. The Labute approximate surface area is 148 Å². The van der Waals surface area contributed by atoms with Crippen LogP contribution in [-0.2, 0) is 4.79 Å². The fourth-order valence-corrected chi connectivity index (χ4v) is 2.86. The molecule has 7 nitrogen and oxygen atoms in total. The number of nitrogens with one attached hydrogen (secondary N) is 1. The van der Waals surface area contributed by atoms with E-state index in [9.17, 15) is 14.9 Å². The highest BCUT2D eigenvalue weighted by Gasteiger charge is 2.36. The van der Waals surface area contributed by atoms with E-state index in [0.29, 0.717) is 5.69 Å². The van der Waals surface area contributed by atoms with Crippen LogP contribution >= 0.6 is 12.4 Å². The van der Waals surface area contributed by atoms with Crippen LogP contribution in [0.15, 0.2) is 24.3 Å². The first-order valence-corrected chi connectivity index (χ1v) is 7.75. The number of amides is 1. The molecule has 0 aliphatic carbocycles. The number of piperidine rings is 1. The van der Waals surface area contributed by atoms with Crippen molar-refractivity contribution < 1.29 is 9.72 Å². The molecular weight excluding hydrogens is 332 g/mol. The minimum atomic E-state index is -0.479. The molecule has 3 N–H and O–H groups in total. The Morgan fingerprint density at radius 2 is 2.17 bits per heavy atom. The van der Waals surface area contributed by atoms with Crippen molar-refractivity contribution >= 4 is 29.7 Å². The third-order valence-electron chi connectivity index (χ3n) is 4.59. The van der Waals surface area contributed by atoms with Crippen LogP contribution in [0.1, 0.15) is 27.2 Å². The number of hydrogen-bond acceptors (Lipinski definition) is 5. The lowest BCUT2D eigenvalue weighted by Crippen LogP contribution is -2.56. The summed E-state index contributed by atoms with van der Waals surface area (Å²) in [5.74, 6) is -0.170. The minimum Gasteiger partial charge on any atom is -0.327 e. The highest BCUT2D eigenvalue weighted by atomic mass is 35.5. The van der Waals surface area contributed by atoms with Crippen LogP contribution in [0.4, 0.5) is 11.4 Å². The molecule has 1 aliphatic heterocycles. The number of anilines is 1. The van der Waals surface area contributed by atoms with Gasteiger partial charge in [-0.05, 0) is 24.8 Å². The summed E-state index contributed by atoms with van der Waals surface area (Å²) in [7, 11) is 0. The number of carbonyl (C=O) groups is 1. The normalized spacial score (nSPS) is 21.4. The van der Waals surface area contributed by atoms with E-state index in [1.165, 1.54) is 12.1 Å². The van der Waals surface area contributed by atoms with Crippen LogP contribution in [0.3, 0.4) is 0 Å². The lowest BCUT2D eigenvalue weighted by molar-refractivity contribution is -0.384. The molecule has 2 unspecified atom stereocenters. The molecule has 0 aromatic heterocycles. The van der Waals surface area contributed by atoms with Crippen molar-refractivity contribution in [1.29, 1.82) is 0 Å². The zero-order valence-corrected chi connectivity index (χ0v) is 15.0. The molecule has 1 aromatic carbocycles. The summed E-state index contributed by atoms with van der Waals surface area (Å²) in [4.78, 5) is 24.9. The van der Waals surface area contributed by atoms with E-state index < -0.39 is 4.92 Å². The molecule has 0 spiro atoms. The van der Waals surface area contributed by atoms with Gasteiger partial charge >= 0.3 is 0 Å². The van der Waals surface area contributed by atoms with Gasteiger partial charge in [0.05, 0.1) is 11.0 Å². The molecule has 2 atom stereocenters. The van der Waals surface area contributed by atoms with Gasteiger partial charge in [0.25, 0.3) is 5.69 Å². The summed E-state index contributed by atoms with van der Waals surface area (Å²) in [6.07, 6.45) is 0.849. The Kier molecular flexibility index (Phi) is 6.71. The largest absolute Gasteiger partial charge is 0.327 e. The van der Waals surface area contributed by atoms with Gasteiger partial charge in [0.15, 0.2) is 0 Å². The molecule has 1 saturated heterocycles. The van der Waals surface area contributed by atoms with Gasteiger partial charge in [-0.15, -0.1) is 12.4 Å². The van der Waals surface area contributed by atoms with Gasteiger partial charge in [-0.3, -0.25) is 19.8 Å². The molecule has 0 saturated carbocycles. The third-order valence-corrected chi connectivity index (χ3v) is 4.59. The number of nitro groups is 1. The number of nitrogens with two attached hydrogens (primary N) is 1. The van der Waals surface area contributed by atoms with Crippen molar-refractivity contribution in [3.63, 3.8) is 0 Å². The molecule has 1 amide bonds. The second-order valence-corrected chi connectivity index (χ2v) is 6.83. The fourth-order valence-electron chi connectivity index (χ4n) is 2.86. The highest BCUT2D eigenvalue weighted by molar-refractivity contribution is 5.94. The number of benzene rings is 1. The van der Waals surface area contributed by atoms with Crippen LogP contribution in [-0.4, -0.2) is 40.9 Å². The predicted octanol–water partition coefficient (Wildman–Crippen LogP) is 2.40.